The standard InChI is InChI=1S/C18H22FN3O3.HI/c1-23-16-7-6-13(10-17(16)24-2)12-22-18(20)21-8-9-25-15-5-3-4-14(19)11-15;/h3-7,10-11H,8-9,12H2,1-2H3,(H3,20,21,22);1H. The zero-order valence-electron chi connectivity index (χ0n) is 14.7. The van der Waals surface area contributed by atoms with Gasteiger partial charge in [-0.3, -0.25) is 0 Å². The SMILES string of the molecule is COc1ccc(CN=C(N)NCCOc2cccc(F)c2)cc1OC.I. The van der Waals surface area contributed by atoms with E-state index in [4.69, 9.17) is 19.9 Å². The molecule has 0 bridgehead atoms. The van der Waals surface area contributed by atoms with Crippen LogP contribution in [0, 0.1) is 5.82 Å². The quantitative estimate of drug-likeness (QED) is 0.266. The summed E-state index contributed by atoms with van der Waals surface area (Å²) in [4.78, 5) is 4.26. The van der Waals surface area contributed by atoms with Gasteiger partial charge in [-0.15, -0.1) is 24.0 Å². The molecule has 0 spiro atoms. The van der Waals surface area contributed by atoms with E-state index < -0.39 is 0 Å². The smallest absolute Gasteiger partial charge is 0.189 e. The average molecular weight is 475 g/mol. The molecule has 0 aliphatic rings. The fourth-order valence-corrected chi connectivity index (χ4v) is 2.12. The van der Waals surface area contributed by atoms with E-state index in [1.54, 1.807) is 26.4 Å². The summed E-state index contributed by atoms with van der Waals surface area (Å²) >= 11 is 0. The molecule has 2 aromatic rings. The number of benzene rings is 2. The van der Waals surface area contributed by atoms with Gasteiger partial charge in [-0.25, -0.2) is 9.38 Å². The van der Waals surface area contributed by atoms with Crippen LogP contribution >= 0.6 is 24.0 Å². The van der Waals surface area contributed by atoms with E-state index >= 15 is 0 Å². The first-order valence-corrected chi connectivity index (χ1v) is 7.75. The predicted octanol–water partition coefficient (Wildman–Crippen LogP) is 2.94. The van der Waals surface area contributed by atoms with Crippen molar-refractivity contribution in [3.63, 3.8) is 0 Å². The van der Waals surface area contributed by atoms with E-state index in [1.807, 2.05) is 18.2 Å². The minimum absolute atomic E-state index is 0. The lowest BCUT2D eigenvalue weighted by Crippen LogP contribution is -2.34. The summed E-state index contributed by atoms with van der Waals surface area (Å²) < 4.78 is 28.9. The maximum absolute atomic E-state index is 13.0. The fourth-order valence-electron chi connectivity index (χ4n) is 2.12. The molecule has 0 amide bonds. The molecule has 0 radical (unpaired) electrons. The summed E-state index contributed by atoms with van der Waals surface area (Å²) in [6, 6.07) is 11.5. The lowest BCUT2D eigenvalue weighted by Gasteiger charge is -2.10. The number of hydrogen-bond donors (Lipinski definition) is 2. The Hall–Kier alpha value is -2.23. The molecule has 6 nitrogen and oxygen atoms in total. The topological polar surface area (TPSA) is 78.1 Å². The normalized spacial score (nSPS) is 10.7. The van der Waals surface area contributed by atoms with Crippen LogP contribution in [0.5, 0.6) is 17.2 Å². The number of halogens is 2. The Labute approximate surface area is 169 Å². The molecule has 0 aliphatic heterocycles. The van der Waals surface area contributed by atoms with E-state index in [2.05, 4.69) is 10.3 Å². The van der Waals surface area contributed by atoms with Crippen LogP contribution in [-0.4, -0.2) is 33.3 Å². The lowest BCUT2D eigenvalue weighted by atomic mass is 10.2. The zero-order valence-corrected chi connectivity index (χ0v) is 17.0. The minimum atomic E-state index is -0.332. The largest absolute Gasteiger partial charge is 0.493 e. The van der Waals surface area contributed by atoms with Crippen LogP contribution in [-0.2, 0) is 6.54 Å². The summed E-state index contributed by atoms with van der Waals surface area (Å²) in [6.07, 6.45) is 0. The predicted molar refractivity (Wildman–Crippen MR) is 110 cm³/mol. The number of ether oxygens (including phenoxy) is 3. The maximum atomic E-state index is 13.0. The van der Waals surface area contributed by atoms with Gasteiger partial charge < -0.3 is 25.3 Å². The first-order valence-electron chi connectivity index (χ1n) is 7.75. The number of nitrogens with zero attached hydrogens (tertiary/aromatic N) is 1. The molecule has 142 valence electrons. The van der Waals surface area contributed by atoms with Crippen molar-refractivity contribution in [2.24, 2.45) is 10.7 Å². The number of nitrogens with two attached hydrogens (primary N) is 1. The molecule has 0 aromatic heterocycles. The van der Waals surface area contributed by atoms with Crippen molar-refractivity contribution in [3.8, 4) is 17.2 Å². The molecule has 0 saturated carbocycles. The molecule has 0 saturated heterocycles. The molecule has 0 unspecified atom stereocenters. The number of methoxy groups -OCH3 is 2. The molecule has 26 heavy (non-hydrogen) atoms. The molecule has 8 heteroatoms. The highest BCUT2D eigenvalue weighted by molar-refractivity contribution is 14.0. The second-order valence-electron chi connectivity index (χ2n) is 5.12. The Kier molecular flexibility index (Phi) is 9.56. The number of rotatable bonds is 8. The molecule has 2 aromatic carbocycles. The summed E-state index contributed by atoms with van der Waals surface area (Å²) in [6.45, 7) is 1.21. The second kappa shape index (κ2) is 11.4. The van der Waals surface area contributed by atoms with Crippen molar-refractivity contribution in [3.05, 3.63) is 53.8 Å². The van der Waals surface area contributed by atoms with Crippen LogP contribution in [0.1, 0.15) is 5.56 Å². The fraction of sp³-hybridized carbons (Fsp3) is 0.278. The summed E-state index contributed by atoms with van der Waals surface area (Å²) in [5.74, 6) is 1.75. The number of aliphatic imine (C=N–C) groups is 1. The van der Waals surface area contributed by atoms with E-state index in [9.17, 15) is 4.39 Å². The van der Waals surface area contributed by atoms with E-state index in [-0.39, 0.29) is 29.8 Å². The van der Waals surface area contributed by atoms with E-state index in [0.29, 0.717) is 42.9 Å². The van der Waals surface area contributed by atoms with Gasteiger partial charge in [-0.2, -0.15) is 0 Å². The van der Waals surface area contributed by atoms with Gasteiger partial charge in [-0.1, -0.05) is 12.1 Å². The highest BCUT2D eigenvalue weighted by atomic mass is 127. The van der Waals surface area contributed by atoms with Crippen LogP contribution in [0.4, 0.5) is 4.39 Å². The highest BCUT2D eigenvalue weighted by Gasteiger charge is 2.04. The van der Waals surface area contributed by atoms with Crippen molar-refractivity contribution >= 4 is 29.9 Å². The van der Waals surface area contributed by atoms with E-state index in [0.717, 1.165) is 5.56 Å². The van der Waals surface area contributed by atoms with Gasteiger partial charge in [0.2, 0.25) is 0 Å². The van der Waals surface area contributed by atoms with Crippen molar-refractivity contribution < 1.29 is 18.6 Å². The molecule has 0 heterocycles. The first kappa shape index (κ1) is 21.8. The van der Waals surface area contributed by atoms with Crippen LogP contribution in [0.15, 0.2) is 47.5 Å². The average Bonchev–Trinajstić information content (AvgIpc) is 2.63. The third-order valence-corrected chi connectivity index (χ3v) is 3.35. The van der Waals surface area contributed by atoms with Crippen LogP contribution in [0.2, 0.25) is 0 Å². The maximum Gasteiger partial charge on any atom is 0.189 e. The van der Waals surface area contributed by atoms with Gasteiger partial charge in [0.15, 0.2) is 17.5 Å². The highest BCUT2D eigenvalue weighted by Crippen LogP contribution is 2.27. The molecule has 0 atom stereocenters. The van der Waals surface area contributed by atoms with Gasteiger partial charge in [0.25, 0.3) is 0 Å². The molecular formula is C18H23FIN3O3. The molecular weight excluding hydrogens is 452 g/mol. The molecule has 3 N–H and O–H groups in total. The zero-order chi connectivity index (χ0) is 18.1. The Morgan fingerprint density at radius 2 is 1.88 bits per heavy atom. The third kappa shape index (κ3) is 6.95. The van der Waals surface area contributed by atoms with Crippen molar-refractivity contribution in [2.45, 2.75) is 6.54 Å². The Bertz CT molecular complexity index is 729. The number of guanidine groups is 1. The Balaban J connectivity index is 0.00000338. The number of hydrogen-bond acceptors (Lipinski definition) is 4. The van der Waals surface area contributed by atoms with E-state index in [1.165, 1.54) is 12.1 Å². The van der Waals surface area contributed by atoms with Crippen molar-refractivity contribution in [1.29, 1.82) is 0 Å². The summed E-state index contributed by atoms with van der Waals surface area (Å²) in [5, 5.41) is 2.94. The van der Waals surface area contributed by atoms with Gasteiger partial charge in [0, 0.05) is 6.07 Å². The monoisotopic (exact) mass is 475 g/mol. The molecule has 0 aliphatic carbocycles. The lowest BCUT2D eigenvalue weighted by molar-refractivity contribution is 0.320. The van der Waals surface area contributed by atoms with Gasteiger partial charge in [-0.05, 0) is 29.8 Å². The van der Waals surface area contributed by atoms with Gasteiger partial charge in [0.05, 0.1) is 27.3 Å². The molecule has 0 fully saturated rings. The van der Waals surface area contributed by atoms with Gasteiger partial charge >= 0.3 is 0 Å². The summed E-state index contributed by atoms with van der Waals surface area (Å²) in [5.41, 5.74) is 6.76. The molecule has 2 rings (SSSR count). The second-order valence-corrected chi connectivity index (χ2v) is 5.12. The first-order chi connectivity index (χ1) is 12.1. The Morgan fingerprint density at radius 1 is 1.12 bits per heavy atom. The third-order valence-electron chi connectivity index (χ3n) is 3.35. The van der Waals surface area contributed by atoms with Crippen molar-refractivity contribution in [2.75, 3.05) is 27.4 Å². The van der Waals surface area contributed by atoms with Crippen LogP contribution in [0.3, 0.4) is 0 Å². The van der Waals surface area contributed by atoms with Crippen LogP contribution < -0.4 is 25.3 Å². The Morgan fingerprint density at radius 3 is 2.58 bits per heavy atom. The summed E-state index contributed by atoms with van der Waals surface area (Å²) in [7, 11) is 3.17. The van der Waals surface area contributed by atoms with Crippen molar-refractivity contribution in [1.82, 2.24) is 5.32 Å². The number of nitrogens with one attached hydrogen (secondary N) is 1. The minimum Gasteiger partial charge on any atom is -0.493 e. The van der Waals surface area contributed by atoms with Crippen LogP contribution in [0.25, 0.3) is 0 Å². The van der Waals surface area contributed by atoms with Gasteiger partial charge in [0.1, 0.15) is 18.2 Å².